The molecule has 26 heavy (non-hydrogen) atoms. The lowest BCUT2D eigenvalue weighted by Gasteiger charge is -2.17. The number of rotatable bonds is 7. The van der Waals surface area contributed by atoms with Gasteiger partial charge < -0.3 is 19.0 Å². The minimum Gasteiger partial charge on any atom is -0.502 e. The van der Waals surface area contributed by atoms with Gasteiger partial charge in [-0.2, -0.15) is 0 Å². The van der Waals surface area contributed by atoms with Crippen molar-refractivity contribution in [2.75, 3.05) is 13.7 Å². The molecule has 0 aliphatic carbocycles. The highest BCUT2D eigenvalue weighted by atomic mass is 16.5. The number of ether oxygens (including phenoxy) is 2. The first-order valence-electron chi connectivity index (χ1n) is 8.45. The van der Waals surface area contributed by atoms with Crippen LogP contribution in [0, 0.1) is 12.8 Å². The molecule has 0 radical (unpaired) electrons. The predicted octanol–water partition coefficient (Wildman–Crippen LogP) is 3.38. The normalized spacial score (nSPS) is 12.0. The van der Waals surface area contributed by atoms with Crippen molar-refractivity contribution in [3.05, 3.63) is 57.6 Å². The highest BCUT2D eigenvalue weighted by Gasteiger charge is 2.26. The third-order valence-electron chi connectivity index (χ3n) is 3.85. The van der Waals surface area contributed by atoms with Crippen LogP contribution >= 0.6 is 0 Å². The van der Waals surface area contributed by atoms with Crippen molar-refractivity contribution in [1.29, 1.82) is 0 Å². The van der Waals surface area contributed by atoms with Gasteiger partial charge in [0.2, 0.25) is 11.2 Å². The Bertz CT molecular complexity index is 804. The van der Waals surface area contributed by atoms with Gasteiger partial charge in [-0.1, -0.05) is 26.0 Å². The lowest BCUT2D eigenvalue weighted by molar-refractivity contribution is -0.140. The van der Waals surface area contributed by atoms with Crippen LogP contribution in [0.4, 0.5) is 0 Å². The zero-order chi connectivity index (χ0) is 19.3. The van der Waals surface area contributed by atoms with Gasteiger partial charge in [0, 0.05) is 6.07 Å². The van der Waals surface area contributed by atoms with Gasteiger partial charge in [-0.3, -0.25) is 9.59 Å². The molecule has 6 heteroatoms. The zero-order valence-electron chi connectivity index (χ0n) is 15.4. The quantitative estimate of drug-likeness (QED) is 0.762. The van der Waals surface area contributed by atoms with Crippen molar-refractivity contribution in [3.63, 3.8) is 0 Å². The molecule has 1 aromatic carbocycles. The second-order valence-electron chi connectivity index (χ2n) is 6.54. The van der Waals surface area contributed by atoms with E-state index in [1.54, 1.807) is 31.2 Å². The molecular weight excluding hydrogens is 336 g/mol. The lowest BCUT2D eigenvalue weighted by atomic mass is 9.92. The molecule has 1 N–H and O–H groups in total. The van der Waals surface area contributed by atoms with Gasteiger partial charge in [0.15, 0.2) is 5.76 Å². The minimum absolute atomic E-state index is 0.0521. The Kier molecular flexibility index (Phi) is 6.44. The van der Waals surface area contributed by atoms with E-state index in [1.165, 1.54) is 13.2 Å². The van der Waals surface area contributed by atoms with Gasteiger partial charge in [-0.15, -0.1) is 0 Å². The standard InChI is InChI=1S/C20H24O6/c1-12(2)11-25-15-7-5-14(6-8-15)16(10-18(22)24-4)20-19(23)17(21)9-13(3)26-20/h5-9,12,16,23H,10-11H2,1-4H3/t16-/m0/s1. The molecule has 2 rings (SSSR count). The Morgan fingerprint density at radius 1 is 1.23 bits per heavy atom. The van der Waals surface area contributed by atoms with Crippen LogP contribution in [-0.4, -0.2) is 24.8 Å². The third-order valence-corrected chi connectivity index (χ3v) is 3.85. The number of aryl methyl sites for hydroxylation is 1. The maximum absolute atomic E-state index is 11.9. The largest absolute Gasteiger partial charge is 0.502 e. The molecule has 0 unspecified atom stereocenters. The first-order chi connectivity index (χ1) is 12.3. The summed E-state index contributed by atoms with van der Waals surface area (Å²) in [6, 6.07) is 8.34. The molecule has 2 aromatic rings. The molecule has 0 aliphatic rings. The Morgan fingerprint density at radius 3 is 2.46 bits per heavy atom. The van der Waals surface area contributed by atoms with Crippen LogP contribution in [0.1, 0.15) is 43.3 Å². The fourth-order valence-electron chi connectivity index (χ4n) is 2.53. The maximum Gasteiger partial charge on any atom is 0.306 e. The number of carbonyl (C=O) groups excluding carboxylic acids is 1. The molecule has 0 spiro atoms. The van der Waals surface area contributed by atoms with Crippen LogP contribution in [0.5, 0.6) is 11.5 Å². The van der Waals surface area contributed by atoms with Crippen molar-refractivity contribution >= 4 is 5.97 Å². The Balaban J connectivity index is 2.39. The van der Waals surface area contributed by atoms with Crippen molar-refractivity contribution in [1.82, 2.24) is 0 Å². The summed E-state index contributed by atoms with van der Waals surface area (Å²) in [5, 5.41) is 10.2. The van der Waals surface area contributed by atoms with Crippen LogP contribution in [0.25, 0.3) is 0 Å². The van der Waals surface area contributed by atoms with Crippen LogP contribution in [-0.2, 0) is 9.53 Å². The number of esters is 1. The molecule has 1 atom stereocenters. The zero-order valence-corrected chi connectivity index (χ0v) is 15.4. The Labute approximate surface area is 152 Å². The number of aromatic hydroxyl groups is 1. The summed E-state index contributed by atoms with van der Waals surface area (Å²) >= 11 is 0. The van der Waals surface area contributed by atoms with E-state index in [1.807, 2.05) is 0 Å². The van der Waals surface area contributed by atoms with Gasteiger partial charge in [0.1, 0.15) is 11.5 Å². The monoisotopic (exact) mass is 360 g/mol. The summed E-state index contributed by atoms with van der Waals surface area (Å²) < 4.78 is 16.0. The van der Waals surface area contributed by atoms with Crippen LogP contribution in [0.2, 0.25) is 0 Å². The molecule has 0 saturated carbocycles. The van der Waals surface area contributed by atoms with E-state index in [-0.39, 0.29) is 12.2 Å². The van der Waals surface area contributed by atoms with Crippen molar-refractivity contribution in [3.8, 4) is 11.5 Å². The topological polar surface area (TPSA) is 86.0 Å². The maximum atomic E-state index is 11.9. The van der Waals surface area contributed by atoms with E-state index in [0.29, 0.717) is 29.6 Å². The summed E-state index contributed by atoms with van der Waals surface area (Å²) in [4.78, 5) is 23.8. The van der Waals surface area contributed by atoms with Gasteiger partial charge in [-0.05, 0) is 30.5 Å². The molecule has 1 aromatic heterocycles. The second-order valence-corrected chi connectivity index (χ2v) is 6.54. The Hall–Kier alpha value is -2.76. The van der Waals surface area contributed by atoms with E-state index < -0.39 is 23.1 Å². The van der Waals surface area contributed by atoms with Crippen molar-refractivity contribution < 1.29 is 23.8 Å². The third kappa shape index (κ3) is 4.88. The van der Waals surface area contributed by atoms with E-state index in [4.69, 9.17) is 13.9 Å². The van der Waals surface area contributed by atoms with Crippen molar-refractivity contribution in [2.24, 2.45) is 5.92 Å². The van der Waals surface area contributed by atoms with E-state index in [9.17, 15) is 14.7 Å². The summed E-state index contributed by atoms with van der Waals surface area (Å²) in [7, 11) is 1.29. The second kappa shape index (κ2) is 8.56. The molecule has 0 aliphatic heterocycles. The van der Waals surface area contributed by atoms with Crippen LogP contribution in [0.15, 0.2) is 39.5 Å². The summed E-state index contributed by atoms with van der Waals surface area (Å²) in [5.74, 6) is -0.0993. The number of methoxy groups -OCH3 is 1. The molecule has 6 nitrogen and oxygen atoms in total. The molecule has 0 fully saturated rings. The summed E-state index contributed by atoms with van der Waals surface area (Å²) in [6.07, 6.45) is -0.0668. The van der Waals surface area contributed by atoms with Crippen molar-refractivity contribution in [2.45, 2.75) is 33.1 Å². The van der Waals surface area contributed by atoms with Gasteiger partial charge in [0.05, 0.1) is 26.1 Å². The van der Waals surface area contributed by atoms with Crippen LogP contribution < -0.4 is 10.2 Å². The highest BCUT2D eigenvalue weighted by Crippen LogP contribution is 2.34. The molecule has 0 saturated heterocycles. The Morgan fingerprint density at radius 2 is 1.88 bits per heavy atom. The molecule has 0 bridgehead atoms. The molecule has 0 amide bonds. The van der Waals surface area contributed by atoms with Crippen LogP contribution in [0.3, 0.4) is 0 Å². The molecular formula is C20H24O6. The van der Waals surface area contributed by atoms with E-state index in [0.717, 1.165) is 0 Å². The first-order valence-corrected chi connectivity index (χ1v) is 8.45. The van der Waals surface area contributed by atoms with Gasteiger partial charge >= 0.3 is 5.97 Å². The van der Waals surface area contributed by atoms with E-state index in [2.05, 4.69) is 13.8 Å². The fraction of sp³-hybridized carbons (Fsp3) is 0.400. The van der Waals surface area contributed by atoms with Gasteiger partial charge in [-0.25, -0.2) is 0 Å². The number of carbonyl (C=O) groups is 1. The van der Waals surface area contributed by atoms with E-state index >= 15 is 0 Å². The first kappa shape index (κ1) is 19.6. The minimum atomic E-state index is -0.644. The predicted molar refractivity (Wildman–Crippen MR) is 96.6 cm³/mol. The molecule has 140 valence electrons. The number of benzene rings is 1. The SMILES string of the molecule is COC(=O)C[C@@H](c1ccc(OCC(C)C)cc1)c1oc(C)cc(=O)c1O. The lowest BCUT2D eigenvalue weighted by Crippen LogP contribution is -2.13. The fourth-order valence-corrected chi connectivity index (χ4v) is 2.53. The smallest absolute Gasteiger partial charge is 0.306 e. The number of hydrogen-bond donors (Lipinski definition) is 1. The average Bonchev–Trinajstić information content (AvgIpc) is 2.61. The highest BCUT2D eigenvalue weighted by molar-refractivity contribution is 5.71. The summed E-state index contributed by atoms with van der Waals surface area (Å²) in [6.45, 7) is 6.33. The molecule has 1 heterocycles. The average molecular weight is 360 g/mol. The number of hydrogen-bond acceptors (Lipinski definition) is 6. The summed E-state index contributed by atoms with van der Waals surface area (Å²) in [5.41, 5.74) is 0.159. The van der Waals surface area contributed by atoms with Gasteiger partial charge in [0.25, 0.3) is 0 Å².